The molecular formula is C16H14FNO3. The van der Waals surface area contributed by atoms with E-state index in [1.54, 1.807) is 38.1 Å². The van der Waals surface area contributed by atoms with Crippen molar-refractivity contribution in [3.63, 3.8) is 0 Å². The van der Waals surface area contributed by atoms with Gasteiger partial charge in [0, 0.05) is 23.0 Å². The number of rotatable bonds is 2. The molecule has 0 aliphatic carbocycles. The number of ether oxygens (including phenoxy) is 1. The maximum atomic E-state index is 14.0. The Bertz CT molecular complexity index is 676. The summed E-state index contributed by atoms with van der Waals surface area (Å²) in [5, 5.41) is 11.9. The number of pyridine rings is 1. The second-order valence-electron chi connectivity index (χ2n) is 5.73. The van der Waals surface area contributed by atoms with Gasteiger partial charge in [0.25, 0.3) is 0 Å². The van der Waals surface area contributed by atoms with Gasteiger partial charge < -0.3 is 14.7 Å². The number of hydrogen-bond donors (Lipinski definition) is 0. The van der Waals surface area contributed by atoms with Crippen LogP contribution in [0.1, 0.15) is 30.9 Å². The summed E-state index contributed by atoms with van der Waals surface area (Å²) in [5.41, 5.74) is 0.364. The number of nitrogens with zero attached hydrogens (tertiary/aromatic N) is 1. The van der Waals surface area contributed by atoms with Gasteiger partial charge in [-0.25, -0.2) is 4.39 Å². The summed E-state index contributed by atoms with van der Waals surface area (Å²) < 4.78 is 20.1. The highest BCUT2D eigenvalue weighted by Crippen LogP contribution is 2.50. The molecule has 0 saturated carbocycles. The van der Waals surface area contributed by atoms with Crippen LogP contribution in [0.3, 0.4) is 0 Å². The van der Waals surface area contributed by atoms with Crippen molar-refractivity contribution >= 4 is 6.29 Å². The lowest BCUT2D eigenvalue weighted by Gasteiger charge is -2.34. The molecule has 2 heterocycles. The maximum Gasteiger partial charge on any atom is 0.388 e. The molecule has 0 N–H and O–H groups in total. The average molecular weight is 287 g/mol. The zero-order chi connectivity index (χ0) is 15.2. The fraction of sp³-hybridized carbons (Fsp3) is 0.250. The fourth-order valence-corrected chi connectivity index (χ4v) is 2.81. The summed E-state index contributed by atoms with van der Waals surface area (Å²) in [5.74, 6) is -0.949. The Labute approximate surface area is 121 Å². The Kier molecular flexibility index (Phi) is 2.93. The number of fused-ring (bicyclic) bond motifs is 2. The van der Waals surface area contributed by atoms with E-state index in [1.807, 2.05) is 0 Å². The number of para-hydroxylation sites is 1. The molecule has 1 aliphatic rings. The molecule has 0 radical (unpaired) electrons. The largest absolute Gasteiger partial charge is 0.616 e. The van der Waals surface area contributed by atoms with E-state index in [0.29, 0.717) is 15.9 Å². The molecule has 1 aromatic heterocycles. The molecule has 21 heavy (non-hydrogen) atoms. The summed E-state index contributed by atoms with van der Waals surface area (Å²) in [6.45, 7) is 3.52. The van der Waals surface area contributed by atoms with E-state index in [0.717, 1.165) is 6.29 Å². The van der Waals surface area contributed by atoms with Gasteiger partial charge in [-0.3, -0.25) is 0 Å². The van der Waals surface area contributed by atoms with Crippen LogP contribution in [0.5, 0.6) is 11.6 Å². The van der Waals surface area contributed by atoms with Crippen molar-refractivity contribution in [3.8, 4) is 11.6 Å². The minimum absolute atomic E-state index is 0.0146. The molecule has 1 unspecified atom stereocenters. The molecule has 0 saturated heterocycles. The quantitative estimate of drug-likeness (QED) is 0.485. The second-order valence-corrected chi connectivity index (χ2v) is 5.73. The first kappa shape index (κ1) is 13.5. The van der Waals surface area contributed by atoms with Gasteiger partial charge in [0.05, 0.1) is 5.56 Å². The highest BCUT2D eigenvalue weighted by atomic mass is 19.1. The smallest absolute Gasteiger partial charge is 0.388 e. The number of carbonyl (C=O) groups excluding carboxylic acids is 1. The molecular weight excluding hydrogens is 273 g/mol. The predicted octanol–water partition coefficient (Wildman–Crippen LogP) is 2.92. The SMILES string of the molecule is CC(C)(C=O)C1c2cccc(F)c2Oc2c1ccc[n+]2[O-]. The van der Waals surface area contributed by atoms with E-state index in [-0.39, 0.29) is 11.6 Å². The predicted molar refractivity (Wildman–Crippen MR) is 73.6 cm³/mol. The van der Waals surface area contributed by atoms with E-state index in [9.17, 15) is 14.4 Å². The van der Waals surface area contributed by atoms with Crippen LogP contribution in [0.4, 0.5) is 4.39 Å². The van der Waals surface area contributed by atoms with E-state index < -0.39 is 17.2 Å². The lowest BCUT2D eigenvalue weighted by Crippen LogP contribution is -2.35. The topological polar surface area (TPSA) is 53.2 Å². The third-order valence-corrected chi connectivity index (χ3v) is 3.81. The molecule has 0 bridgehead atoms. The van der Waals surface area contributed by atoms with Crippen molar-refractivity contribution in [2.24, 2.45) is 5.41 Å². The van der Waals surface area contributed by atoms with Gasteiger partial charge in [-0.05, 0) is 12.1 Å². The van der Waals surface area contributed by atoms with E-state index in [2.05, 4.69) is 0 Å². The third kappa shape index (κ3) is 1.96. The number of halogens is 1. The van der Waals surface area contributed by atoms with Crippen LogP contribution in [0.15, 0.2) is 36.5 Å². The van der Waals surface area contributed by atoms with E-state index in [4.69, 9.17) is 4.74 Å². The monoisotopic (exact) mass is 287 g/mol. The van der Waals surface area contributed by atoms with Crippen molar-refractivity contribution in [1.82, 2.24) is 0 Å². The highest BCUT2D eigenvalue weighted by molar-refractivity contribution is 5.65. The highest BCUT2D eigenvalue weighted by Gasteiger charge is 2.42. The van der Waals surface area contributed by atoms with Crippen molar-refractivity contribution < 1.29 is 18.7 Å². The van der Waals surface area contributed by atoms with Crippen LogP contribution in [-0.4, -0.2) is 6.29 Å². The van der Waals surface area contributed by atoms with Gasteiger partial charge in [-0.2, -0.15) is 0 Å². The van der Waals surface area contributed by atoms with Gasteiger partial charge in [0.1, 0.15) is 6.29 Å². The minimum atomic E-state index is -0.796. The Hall–Kier alpha value is -2.43. The molecule has 4 nitrogen and oxygen atoms in total. The normalized spacial score (nSPS) is 16.6. The molecule has 0 fully saturated rings. The van der Waals surface area contributed by atoms with Crippen molar-refractivity contribution in [3.05, 3.63) is 58.7 Å². The standard InChI is InChI=1S/C16H14FNO3/c1-16(2,9-19)13-10-5-3-7-12(17)14(10)21-15-11(13)6-4-8-18(15)20/h3-9,13H,1-2H3. The first-order valence-electron chi connectivity index (χ1n) is 6.60. The lowest BCUT2D eigenvalue weighted by molar-refractivity contribution is -0.612. The van der Waals surface area contributed by atoms with Crippen LogP contribution < -0.4 is 9.47 Å². The van der Waals surface area contributed by atoms with Gasteiger partial charge in [0.15, 0.2) is 17.8 Å². The van der Waals surface area contributed by atoms with Crippen LogP contribution in [-0.2, 0) is 4.79 Å². The molecule has 1 aliphatic heterocycles. The summed E-state index contributed by atoms with van der Waals surface area (Å²) in [7, 11) is 0. The number of carbonyl (C=O) groups is 1. The van der Waals surface area contributed by atoms with Crippen LogP contribution in [0, 0.1) is 16.4 Å². The van der Waals surface area contributed by atoms with Crippen LogP contribution in [0.25, 0.3) is 0 Å². The Morgan fingerprint density at radius 3 is 2.71 bits per heavy atom. The second kappa shape index (κ2) is 4.55. The summed E-state index contributed by atoms with van der Waals surface area (Å²) in [6.07, 6.45) is 2.11. The molecule has 1 aromatic carbocycles. The molecule has 3 rings (SSSR count). The van der Waals surface area contributed by atoms with Gasteiger partial charge in [-0.15, -0.1) is 4.73 Å². The number of hydrogen-bond acceptors (Lipinski definition) is 3. The number of aldehydes is 1. The maximum absolute atomic E-state index is 14.0. The van der Waals surface area contributed by atoms with Gasteiger partial charge in [-0.1, -0.05) is 26.0 Å². The van der Waals surface area contributed by atoms with Gasteiger partial charge in [0.2, 0.25) is 0 Å². The Morgan fingerprint density at radius 2 is 2.00 bits per heavy atom. The third-order valence-electron chi connectivity index (χ3n) is 3.81. The molecule has 0 amide bonds. The first-order valence-corrected chi connectivity index (χ1v) is 6.60. The van der Waals surface area contributed by atoms with Crippen molar-refractivity contribution in [2.75, 3.05) is 0 Å². The first-order chi connectivity index (χ1) is 9.95. The van der Waals surface area contributed by atoms with Crippen LogP contribution in [0.2, 0.25) is 0 Å². The number of aromatic nitrogens is 1. The lowest BCUT2D eigenvalue weighted by atomic mass is 9.71. The Morgan fingerprint density at radius 1 is 1.29 bits per heavy atom. The minimum Gasteiger partial charge on any atom is -0.616 e. The summed E-state index contributed by atoms with van der Waals surface area (Å²) in [4.78, 5) is 11.5. The van der Waals surface area contributed by atoms with E-state index in [1.165, 1.54) is 12.3 Å². The molecule has 2 aromatic rings. The fourth-order valence-electron chi connectivity index (χ4n) is 2.81. The van der Waals surface area contributed by atoms with E-state index >= 15 is 0 Å². The summed E-state index contributed by atoms with van der Waals surface area (Å²) in [6, 6.07) is 7.89. The van der Waals surface area contributed by atoms with Crippen molar-refractivity contribution in [1.29, 1.82) is 0 Å². The molecule has 5 heteroatoms. The van der Waals surface area contributed by atoms with Crippen molar-refractivity contribution in [2.45, 2.75) is 19.8 Å². The molecule has 0 spiro atoms. The Balaban J connectivity index is 2.32. The average Bonchev–Trinajstić information content (AvgIpc) is 2.46. The zero-order valence-electron chi connectivity index (χ0n) is 11.7. The molecule has 1 atom stereocenters. The molecule has 108 valence electrons. The zero-order valence-corrected chi connectivity index (χ0v) is 11.7. The van der Waals surface area contributed by atoms with Crippen LogP contribution >= 0.6 is 0 Å². The number of benzene rings is 1. The summed E-state index contributed by atoms with van der Waals surface area (Å²) >= 11 is 0. The van der Waals surface area contributed by atoms with Gasteiger partial charge >= 0.3 is 5.88 Å².